The molecule has 1 aromatic rings. The van der Waals surface area contributed by atoms with E-state index in [1.54, 1.807) is 0 Å². The molecule has 6 heteroatoms. The number of phenols is 1. The van der Waals surface area contributed by atoms with Crippen molar-refractivity contribution in [2.24, 2.45) is 0 Å². The van der Waals surface area contributed by atoms with Crippen molar-refractivity contribution in [3.05, 3.63) is 34.5 Å². The lowest BCUT2D eigenvalue weighted by atomic mass is 10.2. The van der Waals surface area contributed by atoms with E-state index in [0.717, 1.165) is 0 Å². The molecule has 0 fully saturated rings. The number of halogens is 1. The maximum atomic E-state index is 10.8. The molecular weight excluding hydrogens is 246 g/mol. The lowest BCUT2D eigenvalue weighted by Gasteiger charge is -2.03. The number of carbonyl (C=O) groups is 2. The molecule has 0 bridgehead atoms. The topological polar surface area (TPSA) is 86.6 Å². The fourth-order valence-corrected chi connectivity index (χ4v) is 1.31. The zero-order valence-electron chi connectivity index (χ0n) is 8.90. The van der Waals surface area contributed by atoms with Crippen LogP contribution in [0.1, 0.15) is 12.5 Å². The number of rotatable bonds is 3. The van der Waals surface area contributed by atoms with Gasteiger partial charge in [0.1, 0.15) is 11.4 Å². The first-order chi connectivity index (χ1) is 7.90. The molecular formula is C11H10ClNO4. The van der Waals surface area contributed by atoms with Crippen LogP contribution in [0.5, 0.6) is 5.75 Å². The summed E-state index contributed by atoms with van der Waals surface area (Å²) in [5, 5.41) is 20.3. The van der Waals surface area contributed by atoms with Gasteiger partial charge in [0.15, 0.2) is 0 Å². The number of carboxylic acid groups (broad SMARTS) is 1. The number of aliphatic carboxylic acids is 1. The summed E-state index contributed by atoms with van der Waals surface area (Å²) in [5.41, 5.74) is 0.193. The lowest BCUT2D eigenvalue weighted by Crippen LogP contribution is -2.24. The van der Waals surface area contributed by atoms with Gasteiger partial charge in [0.2, 0.25) is 5.91 Å². The van der Waals surface area contributed by atoms with Gasteiger partial charge in [-0.2, -0.15) is 0 Å². The molecule has 1 aromatic carbocycles. The van der Waals surface area contributed by atoms with E-state index in [1.165, 1.54) is 31.2 Å². The SMILES string of the molecule is CC(=O)N/C(=C\c1ccc(O)c(Cl)c1)C(=O)O. The van der Waals surface area contributed by atoms with Crippen LogP contribution in [-0.2, 0) is 9.59 Å². The van der Waals surface area contributed by atoms with Crippen molar-refractivity contribution in [3.8, 4) is 5.75 Å². The molecule has 3 N–H and O–H groups in total. The molecule has 0 aliphatic heterocycles. The summed E-state index contributed by atoms with van der Waals surface area (Å²) in [6.07, 6.45) is 1.25. The molecule has 0 heterocycles. The number of nitrogens with one attached hydrogen (secondary N) is 1. The van der Waals surface area contributed by atoms with E-state index in [-0.39, 0.29) is 16.5 Å². The molecule has 0 unspecified atom stereocenters. The third-order valence-corrected chi connectivity index (χ3v) is 2.13. The van der Waals surface area contributed by atoms with Crippen LogP contribution in [0, 0.1) is 0 Å². The van der Waals surface area contributed by atoms with Crippen molar-refractivity contribution >= 4 is 29.6 Å². The number of aromatic hydroxyl groups is 1. The van der Waals surface area contributed by atoms with Gasteiger partial charge in [-0.3, -0.25) is 4.79 Å². The highest BCUT2D eigenvalue weighted by Crippen LogP contribution is 2.24. The number of benzene rings is 1. The maximum Gasteiger partial charge on any atom is 0.352 e. The summed E-state index contributed by atoms with van der Waals surface area (Å²) < 4.78 is 0. The van der Waals surface area contributed by atoms with Crippen LogP contribution in [0.3, 0.4) is 0 Å². The quantitative estimate of drug-likeness (QED) is 0.716. The predicted molar refractivity (Wildman–Crippen MR) is 62.5 cm³/mol. The van der Waals surface area contributed by atoms with Gasteiger partial charge in [0.25, 0.3) is 0 Å². The minimum atomic E-state index is -1.26. The largest absolute Gasteiger partial charge is 0.506 e. The van der Waals surface area contributed by atoms with E-state index in [4.69, 9.17) is 16.7 Å². The Hall–Kier alpha value is -2.01. The summed E-state index contributed by atoms with van der Waals surface area (Å²) in [5.74, 6) is -1.84. The molecule has 0 saturated heterocycles. The molecule has 0 spiro atoms. The standard InChI is InChI=1S/C11H10ClNO4/c1-6(14)13-9(11(16)17)5-7-2-3-10(15)8(12)4-7/h2-5,15H,1H3,(H,13,14)(H,16,17)/b9-5-. The second kappa shape index (κ2) is 5.36. The van der Waals surface area contributed by atoms with Crippen molar-refractivity contribution in [2.45, 2.75) is 6.92 Å². The molecule has 0 atom stereocenters. The van der Waals surface area contributed by atoms with Gasteiger partial charge in [0.05, 0.1) is 5.02 Å². The normalized spacial score (nSPS) is 11.1. The number of amides is 1. The fraction of sp³-hybridized carbons (Fsp3) is 0.0909. The van der Waals surface area contributed by atoms with Crippen molar-refractivity contribution in [2.75, 3.05) is 0 Å². The van der Waals surface area contributed by atoms with E-state index in [9.17, 15) is 14.7 Å². The Morgan fingerprint density at radius 2 is 2.06 bits per heavy atom. The number of hydrogen-bond donors (Lipinski definition) is 3. The Balaban J connectivity index is 3.08. The van der Waals surface area contributed by atoms with Crippen LogP contribution in [0.15, 0.2) is 23.9 Å². The van der Waals surface area contributed by atoms with Gasteiger partial charge in [0, 0.05) is 6.92 Å². The number of carbonyl (C=O) groups excluding carboxylic acids is 1. The molecule has 1 amide bonds. The zero-order chi connectivity index (χ0) is 13.0. The van der Waals surface area contributed by atoms with E-state index < -0.39 is 11.9 Å². The summed E-state index contributed by atoms with van der Waals surface area (Å²) in [4.78, 5) is 21.6. The molecule has 1 rings (SSSR count). The van der Waals surface area contributed by atoms with Crippen LogP contribution in [0.4, 0.5) is 0 Å². The Morgan fingerprint density at radius 3 is 2.53 bits per heavy atom. The first-order valence-corrected chi connectivity index (χ1v) is 4.99. The van der Waals surface area contributed by atoms with Crippen LogP contribution < -0.4 is 5.32 Å². The number of carboxylic acids is 1. The summed E-state index contributed by atoms with van der Waals surface area (Å²) in [6.45, 7) is 1.21. The third kappa shape index (κ3) is 3.81. The van der Waals surface area contributed by atoms with Gasteiger partial charge in [-0.25, -0.2) is 4.79 Å². The fourth-order valence-electron chi connectivity index (χ4n) is 1.12. The van der Waals surface area contributed by atoms with Gasteiger partial charge in [-0.05, 0) is 23.8 Å². The monoisotopic (exact) mass is 255 g/mol. The van der Waals surface area contributed by atoms with Crippen LogP contribution in [-0.4, -0.2) is 22.1 Å². The Labute approximate surface area is 102 Å². The van der Waals surface area contributed by atoms with Crippen molar-refractivity contribution in [1.82, 2.24) is 5.32 Å². The van der Waals surface area contributed by atoms with E-state index >= 15 is 0 Å². The van der Waals surface area contributed by atoms with Crippen molar-refractivity contribution < 1.29 is 19.8 Å². The average Bonchev–Trinajstić information content (AvgIpc) is 2.21. The van der Waals surface area contributed by atoms with E-state index in [1.807, 2.05) is 0 Å². The first kappa shape index (κ1) is 13.1. The van der Waals surface area contributed by atoms with Gasteiger partial charge < -0.3 is 15.5 Å². The van der Waals surface area contributed by atoms with E-state index in [2.05, 4.69) is 5.32 Å². The van der Waals surface area contributed by atoms with Gasteiger partial charge >= 0.3 is 5.97 Å². The van der Waals surface area contributed by atoms with Crippen LogP contribution in [0.25, 0.3) is 6.08 Å². The molecule has 17 heavy (non-hydrogen) atoms. The summed E-state index contributed by atoms with van der Waals surface area (Å²) >= 11 is 5.67. The molecule has 0 aromatic heterocycles. The third-order valence-electron chi connectivity index (χ3n) is 1.82. The first-order valence-electron chi connectivity index (χ1n) is 4.61. The Morgan fingerprint density at radius 1 is 1.41 bits per heavy atom. The highest BCUT2D eigenvalue weighted by atomic mass is 35.5. The molecule has 0 radical (unpaired) electrons. The smallest absolute Gasteiger partial charge is 0.352 e. The molecule has 5 nitrogen and oxygen atoms in total. The maximum absolute atomic E-state index is 10.8. The van der Waals surface area contributed by atoms with Crippen LogP contribution >= 0.6 is 11.6 Å². The van der Waals surface area contributed by atoms with Gasteiger partial charge in [-0.15, -0.1) is 0 Å². The van der Waals surface area contributed by atoms with Crippen LogP contribution in [0.2, 0.25) is 5.02 Å². The molecule has 90 valence electrons. The zero-order valence-corrected chi connectivity index (χ0v) is 9.65. The minimum Gasteiger partial charge on any atom is -0.506 e. The van der Waals surface area contributed by atoms with E-state index in [0.29, 0.717) is 5.56 Å². The van der Waals surface area contributed by atoms with Crippen molar-refractivity contribution in [3.63, 3.8) is 0 Å². The Kier molecular flexibility index (Phi) is 4.12. The number of phenolic OH excluding ortho intramolecular Hbond substituents is 1. The highest BCUT2D eigenvalue weighted by molar-refractivity contribution is 6.32. The molecule has 0 aliphatic rings. The average molecular weight is 256 g/mol. The molecule has 0 saturated carbocycles. The summed E-state index contributed by atoms with van der Waals surface area (Å²) in [6, 6.07) is 4.20. The lowest BCUT2D eigenvalue weighted by molar-refractivity contribution is -0.134. The minimum absolute atomic E-state index is 0.0970. The molecule has 0 aliphatic carbocycles. The van der Waals surface area contributed by atoms with Gasteiger partial charge in [-0.1, -0.05) is 17.7 Å². The van der Waals surface area contributed by atoms with Crippen molar-refractivity contribution in [1.29, 1.82) is 0 Å². The highest BCUT2D eigenvalue weighted by Gasteiger charge is 2.09. The predicted octanol–water partition coefficient (Wildman–Crippen LogP) is 1.61. The second-order valence-electron chi connectivity index (χ2n) is 3.26. The Bertz CT molecular complexity index is 496. The second-order valence-corrected chi connectivity index (χ2v) is 3.66. The number of hydrogen-bond acceptors (Lipinski definition) is 3. The summed E-state index contributed by atoms with van der Waals surface area (Å²) in [7, 11) is 0.